The molecule has 2 rings (SSSR count). The Kier molecular flexibility index (Phi) is 5.05. The standard InChI is InChI=1S/C17H16O6/c1-10-9-14(19)15(17(21)23-10)13(18)8-5-11-3-6-12(7-4-11)16(20)22-2/h3-4,6-7,9,15H,5,8H2,1-2H3. The summed E-state index contributed by atoms with van der Waals surface area (Å²) >= 11 is 0. The molecular weight excluding hydrogens is 300 g/mol. The van der Waals surface area contributed by atoms with Crippen molar-refractivity contribution in [2.45, 2.75) is 19.8 Å². The van der Waals surface area contributed by atoms with Crippen LogP contribution in [0.5, 0.6) is 0 Å². The number of aryl methyl sites for hydroxylation is 1. The number of hydrogen-bond acceptors (Lipinski definition) is 6. The van der Waals surface area contributed by atoms with E-state index in [9.17, 15) is 19.2 Å². The lowest BCUT2D eigenvalue weighted by atomic mass is 9.92. The smallest absolute Gasteiger partial charge is 0.337 e. The van der Waals surface area contributed by atoms with Crippen molar-refractivity contribution in [1.82, 2.24) is 0 Å². The number of methoxy groups -OCH3 is 1. The molecule has 1 aliphatic rings. The minimum atomic E-state index is -1.37. The Balaban J connectivity index is 1.98. The van der Waals surface area contributed by atoms with E-state index >= 15 is 0 Å². The lowest BCUT2D eigenvalue weighted by molar-refractivity contribution is -0.152. The van der Waals surface area contributed by atoms with Crippen molar-refractivity contribution in [2.24, 2.45) is 5.92 Å². The van der Waals surface area contributed by atoms with Crippen LogP contribution in [0.4, 0.5) is 0 Å². The summed E-state index contributed by atoms with van der Waals surface area (Å²) in [5.74, 6) is -3.44. The molecule has 0 saturated carbocycles. The van der Waals surface area contributed by atoms with Gasteiger partial charge in [0.05, 0.1) is 12.7 Å². The highest BCUT2D eigenvalue weighted by Gasteiger charge is 2.36. The van der Waals surface area contributed by atoms with E-state index in [2.05, 4.69) is 4.74 Å². The third-order valence-electron chi connectivity index (χ3n) is 3.48. The second-order valence-electron chi connectivity index (χ2n) is 5.17. The molecule has 1 atom stereocenters. The molecule has 1 aromatic carbocycles. The lowest BCUT2D eigenvalue weighted by Gasteiger charge is -2.17. The van der Waals surface area contributed by atoms with Gasteiger partial charge in [0.2, 0.25) is 0 Å². The van der Waals surface area contributed by atoms with Crippen LogP contribution >= 0.6 is 0 Å². The predicted molar refractivity (Wildman–Crippen MR) is 79.5 cm³/mol. The minimum absolute atomic E-state index is 0.0377. The molecule has 0 radical (unpaired) electrons. The Morgan fingerprint density at radius 3 is 2.39 bits per heavy atom. The molecular formula is C17H16O6. The number of allylic oxidation sites excluding steroid dienone is 2. The van der Waals surface area contributed by atoms with Crippen LogP contribution in [0.1, 0.15) is 29.3 Å². The fourth-order valence-electron chi connectivity index (χ4n) is 2.27. The molecule has 6 heteroatoms. The van der Waals surface area contributed by atoms with E-state index in [1.54, 1.807) is 24.3 Å². The number of carbonyl (C=O) groups excluding carboxylic acids is 4. The minimum Gasteiger partial charge on any atom is -0.465 e. The van der Waals surface area contributed by atoms with Gasteiger partial charge in [-0.25, -0.2) is 4.79 Å². The average molecular weight is 316 g/mol. The van der Waals surface area contributed by atoms with Crippen LogP contribution in [0.25, 0.3) is 0 Å². The van der Waals surface area contributed by atoms with Crippen molar-refractivity contribution in [1.29, 1.82) is 0 Å². The van der Waals surface area contributed by atoms with E-state index in [1.807, 2.05) is 0 Å². The number of benzene rings is 1. The third kappa shape index (κ3) is 3.91. The number of Topliss-reactive ketones (excluding diaryl/α,β-unsaturated/α-hetero) is 1. The van der Waals surface area contributed by atoms with Crippen molar-refractivity contribution in [2.75, 3.05) is 7.11 Å². The van der Waals surface area contributed by atoms with Gasteiger partial charge in [-0.15, -0.1) is 0 Å². The van der Waals surface area contributed by atoms with E-state index in [-0.39, 0.29) is 12.2 Å². The van der Waals surface area contributed by atoms with Gasteiger partial charge >= 0.3 is 11.9 Å². The fourth-order valence-corrected chi connectivity index (χ4v) is 2.27. The van der Waals surface area contributed by atoms with Gasteiger partial charge in [-0.3, -0.25) is 14.4 Å². The lowest BCUT2D eigenvalue weighted by Crippen LogP contribution is -2.35. The number of ketones is 2. The van der Waals surface area contributed by atoms with Crippen molar-refractivity contribution in [3.63, 3.8) is 0 Å². The van der Waals surface area contributed by atoms with E-state index in [0.717, 1.165) is 11.6 Å². The summed E-state index contributed by atoms with van der Waals surface area (Å²) in [4.78, 5) is 46.9. The second-order valence-corrected chi connectivity index (χ2v) is 5.17. The Labute approximate surface area is 133 Å². The number of carbonyl (C=O) groups is 4. The van der Waals surface area contributed by atoms with Crippen LogP contribution in [-0.2, 0) is 30.3 Å². The van der Waals surface area contributed by atoms with Crippen LogP contribution in [0.2, 0.25) is 0 Å². The highest BCUT2D eigenvalue weighted by atomic mass is 16.5. The summed E-state index contributed by atoms with van der Waals surface area (Å²) < 4.78 is 9.42. The Morgan fingerprint density at radius 1 is 1.17 bits per heavy atom. The maximum atomic E-state index is 12.1. The van der Waals surface area contributed by atoms with Crippen molar-refractivity contribution >= 4 is 23.5 Å². The van der Waals surface area contributed by atoms with Gasteiger partial charge in [-0.2, -0.15) is 0 Å². The van der Waals surface area contributed by atoms with E-state index in [4.69, 9.17) is 4.74 Å². The first kappa shape index (κ1) is 16.6. The number of hydrogen-bond donors (Lipinski definition) is 0. The van der Waals surface area contributed by atoms with Crippen LogP contribution in [0.15, 0.2) is 36.1 Å². The first-order chi connectivity index (χ1) is 10.9. The monoisotopic (exact) mass is 316 g/mol. The maximum absolute atomic E-state index is 12.1. The topological polar surface area (TPSA) is 86.7 Å². The van der Waals surface area contributed by atoms with Gasteiger partial charge in [0.25, 0.3) is 0 Å². The summed E-state index contributed by atoms with van der Waals surface area (Å²) in [5.41, 5.74) is 1.23. The zero-order chi connectivity index (χ0) is 17.0. The third-order valence-corrected chi connectivity index (χ3v) is 3.48. The Morgan fingerprint density at radius 2 is 1.83 bits per heavy atom. The molecule has 0 bridgehead atoms. The fraction of sp³-hybridized carbons (Fsp3) is 0.294. The zero-order valence-corrected chi connectivity index (χ0v) is 12.8. The van der Waals surface area contributed by atoms with E-state index in [0.29, 0.717) is 12.0 Å². The van der Waals surface area contributed by atoms with E-state index < -0.39 is 29.4 Å². The Hall–Kier alpha value is -2.76. The second kappa shape index (κ2) is 7.00. The first-order valence-corrected chi connectivity index (χ1v) is 7.06. The molecule has 6 nitrogen and oxygen atoms in total. The Bertz CT molecular complexity index is 684. The highest BCUT2D eigenvalue weighted by Crippen LogP contribution is 2.18. The molecule has 120 valence electrons. The van der Waals surface area contributed by atoms with Crippen LogP contribution in [0, 0.1) is 5.92 Å². The summed E-state index contributed by atoms with van der Waals surface area (Å²) in [5, 5.41) is 0. The summed E-state index contributed by atoms with van der Waals surface area (Å²) in [6.07, 6.45) is 1.56. The zero-order valence-electron chi connectivity index (χ0n) is 12.8. The van der Waals surface area contributed by atoms with Crippen molar-refractivity contribution in [3.05, 3.63) is 47.2 Å². The molecule has 0 spiro atoms. The molecule has 1 aromatic rings. The molecule has 0 saturated heterocycles. The summed E-state index contributed by atoms with van der Waals surface area (Å²) in [7, 11) is 1.30. The molecule has 1 aliphatic heterocycles. The van der Waals surface area contributed by atoms with Gasteiger partial charge in [-0.1, -0.05) is 12.1 Å². The molecule has 0 N–H and O–H groups in total. The number of cyclic esters (lactones) is 1. The van der Waals surface area contributed by atoms with Crippen LogP contribution < -0.4 is 0 Å². The number of rotatable bonds is 5. The van der Waals surface area contributed by atoms with Crippen LogP contribution in [0.3, 0.4) is 0 Å². The normalized spacial score (nSPS) is 17.3. The van der Waals surface area contributed by atoms with Gasteiger partial charge in [0, 0.05) is 12.5 Å². The molecule has 23 heavy (non-hydrogen) atoms. The van der Waals surface area contributed by atoms with Gasteiger partial charge in [0.15, 0.2) is 17.5 Å². The van der Waals surface area contributed by atoms with Crippen molar-refractivity contribution in [3.8, 4) is 0 Å². The van der Waals surface area contributed by atoms with Gasteiger partial charge in [0.1, 0.15) is 5.76 Å². The molecule has 0 aliphatic carbocycles. The predicted octanol–water partition coefficient (Wildman–Crippen LogP) is 1.62. The SMILES string of the molecule is COC(=O)c1ccc(CCC(=O)C2C(=O)C=C(C)OC2=O)cc1. The van der Waals surface area contributed by atoms with Gasteiger partial charge < -0.3 is 9.47 Å². The van der Waals surface area contributed by atoms with Crippen molar-refractivity contribution < 1.29 is 28.7 Å². The molecule has 0 fully saturated rings. The average Bonchev–Trinajstić information content (AvgIpc) is 2.51. The van der Waals surface area contributed by atoms with Crippen LogP contribution in [-0.4, -0.2) is 30.6 Å². The summed E-state index contributed by atoms with van der Waals surface area (Å²) in [6.45, 7) is 1.49. The van der Waals surface area contributed by atoms with Gasteiger partial charge in [-0.05, 0) is 31.0 Å². The first-order valence-electron chi connectivity index (χ1n) is 7.06. The summed E-state index contributed by atoms with van der Waals surface area (Å²) in [6, 6.07) is 6.59. The number of ether oxygens (including phenoxy) is 2. The molecule has 0 amide bonds. The molecule has 1 unspecified atom stereocenters. The largest absolute Gasteiger partial charge is 0.465 e. The molecule has 1 heterocycles. The van der Waals surface area contributed by atoms with E-state index in [1.165, 1.54) is 14.0 Å². The number of esters is 2. The maximum Gasteiger partial charge on any atom is 0.337 e. The quantitative estimate of drug-likeness (QED) is 0.606. The molecule has 0 aromatic heterocycles. The highest BCUT2D eigenvalue weighted by molar-refractivity contribution is 6.22.